The van der Waals surface area contributed by atoms with E-state index in [9.17, 15) is 15.0 Å². The molecule has 1 spiro atoms. The van der Waals surface area contributed by atoms with Crippen molar-refractivity contribution in [1.29, 1.82) is 0 Å². The molecular formula is C24H36O6. The molecule has 1 saturated heterocycles. The third-order valence-corrected chi connectivity index (χ3v) is 8.34. The fraction of sp³-hybridized carbons (Fsp3) is 0.792. The van der Waals surface area contributed by atoms with Gasteiger partial charge in [-0.25, -0.2) is 0 Å². The van der Waals surface area contributed by atoms with Crippen LogP contribution in [-0.4, -0.2) is 54.0 Å². The molecule has 0 bridgehead atoms. The molecule has 3 aliphatic carbocycles. The van der Waals surface area contributed by atoms with E-state index in [1.165, 1.54) is 5.57 Å². The van der Waals surface area contributed by atoms with Gasteiger partial charge in [0.2, 0.25) is 0 Å². The number of esters is 1. The van der Waals surface area contributed by atoms with Gasteiger partial charge in [0.15, 0.2) is 5.79 Å². The van der Waals surface area contributed by atoms with Gasteiger partial charge in [-0.1, -0.05) is 31.6 Å². The van der Waals surface area contributed by atoms with Crippen molar-refractivity contribution in [2.45, 2.75) is 76.8 Å². The van der Waals surface area contributed by atoms with Crippen LogP contribution >= 0.6 is 0 Å². The van der Waals surface area contributed by atoms with Crippen LogP contribution in [0.2, 0.25) is 0 Å². The van der Waals surface area contributed by atoms with E-state index in [1.54, 1.807) is 13.0 Å². The van der Waals surface area contributed by atoms with E-state index in [-0.39, 0.29) is 35.9 Å². The first kappa shape index (κ1) is 22.0. The zero-order valence-electron chi connectivity index (χ0n) is 18.3. The van der Waals surface area contributed by atoms with E-state index in [0.717, 1.165) is 19.3 Å². The Kier molecular flexibility index (Phi) is 5.90. The number of aliphatic hydroxyl groups is 2. The lowest BCUT2D eigenvalue weighted by atomic mass is 9.48. The van der Waals surface area contributed by atoms with Crippen LogP contribution < -0.4 is 0 Å². The summed E-state index contributed by atoms with van der Waals surface area (Å²) in [7, 11) is 0. The van der Waals surface area contributed by atoms with Gasteiger partial charge in [-0.3, -0.25) is 4.79 Å². The van der Waals surface area contributed by atoms with Gasteiger partial charge in [0, 0.05) is 30.6 Å². The second-order valence-corrected chi connectivity index (χ2v) is 9.90. The summed E-state index contributed by atoms with van der Waals surface area (Å²) in [5.41, 5.74) is 0.373. The molecule has 4 rings (SSSR count). The molecule has 0 aromatic rings. The lowest BCUT2D eigenvalue weighted by Crippen LogP contribution is -2.61. The number of carbonyl (C=O) groups excluding carboxylic acids is 1. The Hall–Kier alpha value is -1.21. The Morgan fingerprint density at radius 3 is 2.73 bits per heavy atom. The van der Waals surface area contributed by atoms with Crippen molar-refractivity contribution in [2.75, 3.05) is 19.8 Å². The van der Waals surface area contributed by atoms with Crippen LogP contribution in [-0.2, 0) is 19.0 Å². The van der Waals surface area contributed by atoms with Gasteiger partial charge in [0.05, 0.1) is 25.9 Å². The summed E-state index contributed by atoms with van der Waals surface area (Å²) in [6.45, 7) is 9.00. The molecular weight excluding hydrogens is 384 g/mol. The van der Waals surface area contributed by atoms with Gasteiger partial charge in [0.1, 0.15) is 6.10 Å². The lowest BCUT2D eigenvalue weighted by molar-refractivity contribution is -0.213. The first-order valence-electron chi connectivity index (χ1n) is 11.4. The number of fused-ring (bicyclic) bond motifs is 3. The number of hydrogen-bond donors (Lipinski definition) is 2. The molecule has 0 aromatic carbocycles. The average molecular weight is 421 g/mol. The number of hydrogen-bond acceptors (Lipinski definition) is 6. The van der Waals surface area contributed by atoms with Crippen LogP contribution in [0.15, 0.2) is 24.3 Å². The summed E-state index contributed by atoms with van der Waals surface area (Å²) < 4.78 is 18.0. The summed E-state index contributed by atoms with van der Waals surface area (Å²) >= 11 is 0. The summed E-state index contributed by atoms with van der Waals surface area (Å²) in [4.78, 5) is 12.3. The van der Waals surface area contributed by atoms with Crippen molar-refractivity contribution in [1.82, 2.24) is 0 Å². The molecule has 1 heterocycles. The lowest BCUT2D eigenvalue weighted by Gasteiger charge is -2.60. The first-order chi connectivity index (χ1) is 14.3. The van der Waals surface area contributed by atoms with Crippen molar-refractivity contribution in [3.8, 4) is 0 Å². The molecule has 1 aliphatic heterocycles. The molecule has 0 unspecified atom stereocenters. The van der Waals surface area contributed by atoms with E-state index in [4.69, 9.17) is 14.2 Å². The molecule has 6 nitrogen and oxygen atoms in total. The maximum Gasteiger partial charge on any atom is 0.305 e. The largest absolute Gasteiger partial charge is 0.462 e. The van der Waals surface area contributed by atoms with Gasteiger partial charge in [0.25, 0.3) is 0 Å². The summed E-state index contributed by atoms with van der Waals surface area (Å²) in [5, 5.41) is 21.7. The second-order valence-electron chi connectivity index (χ2n) is 9.90. The van der Waals surface area contributed by atoms with Crippen LogP contribution in [0.3, 0.4) is 0 Å². The SMILES string of the molecule is C=CC[C@]1(CO)C[C@@H](OC(=O)CC)[C@@H]2[C@H](CC=C3CC4(CC[C@]32C)OCCO4)[C@H]1O. The fourth-order valence-corrected chi connectivity index (χ4v) is 6.71. The van der Waals surface area contributed by atoms with Gasteiger partial charge >= 0.3 is 5.97 Å². The fourth-order valence-electron chi connectivity index (χ4n) is 6.71. The smallest absolute Gasteiger partial charge is 0.305 e. The van der Waals surface area contributed by atoms with Crippen molar-refractivity contribution in [2.24, 2.45) is 22.7 Å². The van der Waals surface area contributed by atoms with Crippen LogP contribution in [0, 0.1) is 22.7 Å². The van der Waals surface area contributed by atoms with E-state index in [2.05, 4.69) is 19.6 Å². The van der Waals surface area contributed by atoms with Crippen LogP contribution in [0.4, 0.5) is 0 Å². The van der Waals surface area contributed by atoms with Gasteiger partial charge in [-0.15, -0.1) is 6.58 Å². The normalized spacial score (nSPS) is 42.2. The topological polar surface area (TPSA) is 85.2 Å². The highest BCUT2D eigenvalue weighted by Crippen LogP contribution is 2.62. The van der Waals surface area contributed by atoms with Crippen LogP contribution in [0.25, 0.3) is 0 Å². The van der Waals surface area contributed by atoms with Crippen LogP contribution in [0.1, 0.15) is 58.8 Å². The predicted molar refractivity (Wildman–Crippen MR) is 111 cm³/mol. The van der Waals surface area contributed by atoms with E-state index >= 15 is 0 Å². The molecule has 0 aromatic heterocycles. The van der Waals surface area contributed by atoms with Gasteiger partial charge in [-0.05, 0) is 37.0 Å². The number of carbonyl (C=O) groups is 1. The van der Waals surface area contributed by atoms with Crippen LogP contribution in [0.5, 0.6) is 0 Å². The van der Waals surface area contributed by atoms with Crippen molar-refractivity contribution in [3.05, 3.63) is 24.3 Å². The monoisotopic (exact) mass is 420 g/mol. The molecule has 3 fully saturated rings. The third kappa shape index (κ3) is 3.36. The maximum atomic E-state index is 12.3. The summed E-state index contributed by atoms with van der Waals surface area (Å²) in [6, 6.07) is 0. The Morgan fingerprint density at radius 1 is 1.37 bits per heavy atom. The minimum atomic E-state index is -0.725. The van der Waals surface area contributed by atoms with Crippen molar-refractivity contribution < 1.29 is 29.2 Å². The quantitative estimate of drug-likeness (QED) is 0.525. The van der Waals surface area contributed by atoms with E-state index < -0.39 is 17.3 Å². The number of allylic oxidation sites excluding steroid dienone is 2. The summed E-state index contributed by atoms with van der Waals surface area (Å²) in [6.07, 6.45) is 7.33. The second kappa shape index (κ2) is 8.05. The zero-order valence-corrected chi connectivity index (χ0v) is 18.3. The minimum Gasteiger partial charge on any atom is -0.462 e. The Bertz CT molecular complexity index is 710. The standard InChI is InChI=1S/C24H36O6/c1-4-8-23(15-25)14-18(30-19(26)5-2)20-17(21(23)27)7-6-16-13-24(28-11-12-29-24)10-9-22(16,20)3/h4,6,17-18,20-21,25,27H,1,5,7-15H2,2-3H3/t17-,18+,20-,21+,22+,23+/m0/s1. The minimum absolute atomic E-state index is 0.00578. The predicted octanol–water partition coefficient (Wildman–Crippen LogP) is 3.12. The average Bonchev–Trinajstić information content (AvgIpc) is 3.19. The van der Waals surface area contributed by atoms with Crippen molar-refractivity contribution >= 4 is 5.97 Å². The molecule has 2 N–H and O–H groups in total. The number of ether oxygens (including phenoxy) is 3. The molecule has 4 aliphatic rings. The Balaban J connectivity index is 1.71. The number of aliphatic hydroxyl groups excluding tert-OH is 2. The zero-order chi connectivity index (χ0) is 21.6. The Labute approximate surface area is 179 Å². The first-order valence-corrected chi connectivity index (χ1v) is 11.4. The summed E-state index contributed by atoms with van der Waals surface area (Å²) in [5.74, 6) is -0.811. The van der Waals surface area contributed by atoms with E-state index in [1.807, 2.05) is 0 Å². The molecule has 0 radical (unpaired) electrons. The molecule has 6 atom stereocenters. The highest BCUT2D eigenvalue weighted by Gasteiger charge is 2.62. The molecule has 30 heavy (non-hydrogen) atoms. The molecule has 0 amide bonds. The van der Waals surface area contributed by atoms with E-state index in [0.29, 0.717) is 38.9 Å². The van der Waals surface area contributed by atoms with Crippen molar-refractivity contribution in [3.63, 3.8) is 0 Å². The maximum absolute atomic E-state index is 12.3. The molecule has 6 heteroatoms. The number of rotatable bonds is 5. The molecule has 2 saturated carbocycles. The Morgan fingerprint density at radius 2 is 2.10 bits per heavy atom. The van der Waals surface area contributed by atoms with Gasteiger partial charge in [-0.2, -0.15) is 0 Å². The highest BCUT2D eigenvalue weighted by molar-refractivity contribution is 5.69. The third-order valence-electron chi connectivity index (χ3n) is 8.34. The highest BCUT2D eigenvalue weighted by atomic mass is 16.7. The molecule has 168 valence electrons. The van der Waals surface area contributed by atoms with Gasteiger partial charge < -0.3 is 24.4 Å².